The zero-order chi connectivity index (χ0) is 28.2. The molecule has 0 saturated carbocycles. The molecule has 3 amide bonds. The molecule has 0 aliphatic heterocycles. The van der Waals surface area contributed by atoms with E-state index in [2.05, 4.69) is 24.5 Å². The topological polar surface area (TPSA) is 87.7 Å². The molecule has 210 valence electrons. The van der Waals surface area contributed by atoms with E-state index in [1.165, 1.54) is 0 Å². The summed E-state index contributed by atoms with van der Waals surface area (Å²) in [5.74, 6) is -0.673. The first-order valence-electron chi connectivity index (χ1n) is 14.0. The number of rotatable bonds is 14. The number of ether oxygens (including phenoxy) is 1. The third kappa shape index (κ3) is 11.6. The standard InChI is InChI=1S/C30H51N3O4/c1-10-12-13-14-20-33(28(35)25(21(3)4)32-29(36)37-30(7,8)9)26(24-18-16-22(5)17-19-24)27(34)31-23(6)15-11-2/h16-19,21,23,25-26H,10-15,20H2,1-9H3,(H,31,34)(H,32,36). The van der Waals surface area contributed by atoms with Gasteiger partial charge in [-0.1, -0.05) is 83.2 Å². The van der Waals surface area contributed by atoms with Crippen molar-refractivity contribution in [2.24, 2.45) is 5.92 Å². The smallest absolute Gasteiger partial charge is 0.408 e. The van der Waals surface area contributed by atoms with E-state index in [1.54, 1.807) is 25.7 Å². The van der Waals surface area contributed by atoms with Gasteiger partial charge in [-0.2, -0.15) is 0 Å². The maximum absolute atomic E-state index is 14.1. The molecule has 37 heavy (non-hydrogen) atoms. The minimum atomic E-state index is -0.824. The highest BCUT2D eigenvalue weighted by molar-refractivity contribution is 5.92. The van der Waals surface area contributed by atoms with Crippen LogP contribution in [0.3, 0.4) is 0 Å². The van der Waals surface area contributed by atoms with Crippen LogP contribution in [0.1, 0.15) is 111 Å². The SMILES string of the molecule is CCCCCCN(C(=O)C(NC(=O)OC(C)(C)C)C(C)C)C(C(=O)NC(C)CCC)c1ccc(C)cc1. The highest BCUT2D eigenvalue weighted by atomic mass is 16.6. The summed E-state index contributed by atoms with van der Waals surface area (Å²) < 4.78 is 5.45. The Morgan fingerprint density at radius 1 is 0.919 bits per heavy atom. The second kappa shape index (κ2) is 15.6. The molecule has 1 aromatic rings. The molecule has 0 radical (unpaired) electrons. The van der Waals surface area contributed by atoms with E-state index in [0.717, 1.165) is 49.7 Å². The quantitative estimate of drug-likeness (QED) is 0.284. The number of hydrogen-bond acceptors (Lipinski definition) is 4. The van der Waals surface area contributed by atoms with Crippen LogP contribution in [-0.2, 0) is 14.3 Å². The van der Waals surface area contributed by atoms with Crippen LogP contribution in [0.4, 0.5) is 4.79 Å². The number of benzene rings is 1. The van der Waals surface area contributed by atoms with Crippen molar-refractivity contribution >= 4 is 17.9 Å². The Labute approximate surface area is 225 Å². The lowest BCUT2D eigenvalue weighted by atomic mass is 9.97. The second-order valence-corrected chi connectivity index (χ2v) is 11.5. The van der Waals surface area contributed by atoms with Gasteiger partial charge in [0, 0.05) is 12.6 Å². The van der Waals surface area contributed by atoms with Crippen LogP contribution in [-0.4, -0.2) is 47.0 Å². The summed E-state index contributed by atoms with van der Waals surface area (Å²) in [6.45, 7) is 17.8. The van der Waals surface area contributed by atoms with Crippen molar-refractivity contribution in [3.05, 3.63) is 35.4 Å². The fourth-order valence-corrected chi connectivity index (χ4v) is 4.25. The first kappa shape index (κ1) is 32.5. The van der Waals surface area contributed by atoms with Crippen LogP contribution in [0.2, 0.25) is 0 Å². The van der Waals surface area contributed by atoms with Crippen molar-refractivity contribution in [2.75, 3.05) is 6.54 Å². The summed E-state index contributed by atoms with van der Waals surface area (Å²) in [7, 11) is 0. The lowest BCUT2D eigenvalue weighted by molar-refractivity contribution is -0.143. The van der Waals surface area contributed by atoms with Gasteiger partial charge >= 0.3 is 6.09 Å². The van der Waals surface area contributed by atoms with E-state index in [-0.39, 0.29) is 23.8 Å². The molecule has 0 bridgehead atoms. The van der Waals surface area contributed by atoms with Gasteiger partial charge in [0.1, 0.15) is 17.7 Å². The summed E-state index contributed by atoms with van der Waals surface area (Å²) in [4.78, 5) is 42.2. The zero-order valence-electron chi connectivity index (χ0n) is 24.6. The summed E-state index contributed by atoms with van der Waals surface area (Å²) in [6.07, 6.45) is 5.02. The van der Waals surface area contributed by atoms with Gasteiger partial charge in [-0.15, -0.1) is 0 Å². The molecular weight excluding hydrogens is 466 g/mol. The molecule has 7 nitrogen and oxygen atoms in total. The molecule has 7 heteroatoms. The molecule has 0 spiro atoms. The minimum absolute atomic E-state index is 0.0109. The van der Waals surface area contributed by atoms with Gasteiger partial charge in [0.25, 0.3) is 0 Å². The maximum atomic E-state index is 14.1. The van der Waals surface area contributed by atoms with Crippen molar-refractivity contribution < 1.29 is 19.1 Å². The van der Waals surface area contributed by atoms with Crippen molar-refractivity contribution in [3.8, 4) is 0 Å². The molecule has 0 aliphatic carbocycles. The molecule has 0 heterocycles. The van der Waals surface area contributed by atoms with E-state index in [1.807, 2.05) is 52.0 Å². The average molecular weight is 518 g/mol. The Morgan fingerprint density at radius 2 is 1.54 bits per heavy atom. The predicted octanol–water partition coefficient (Wildman–Crippen LogP) is 6.30. The Kier molecular flexibility index (Phi) is 13.7. The van der Waals surface area contributed by atoms with E-state index < -0.39 is 23.8 Å². The zero-order valence-corrected chi connectivity index (χ0v) is 24.6. The number of nitrogens with one attached hydrogen (secondary N) is 2. The molecule has 0 saturated heterocycles. The van der Waals surface area contributed by atoms with Crippen LogP contribution < -0.4 is 10.6 Å². The number of hydrogen-bond donors (Lipinski definition) is 2. The lowest BCUT2D eigenvalue weighted by Crippen LogP contribution is -2.55. The Balaban J connectivity index is 3.45. The summed E-state index contributed by atoms with van der Waals surface area (Å²) >= 11 is 0. The van der Waals surface area contributed by atoms with Crippen LogP contribution in [0, 0.1) is 12.8 Å². The van der Waals surface area contributed by atoms with E-state index in [4.69, 9.17) is 4.74 Å². The van der Waals surface area contributed by atoms with Crippen molar-refractivity contribution in [1.82, 2.24) is 15.5 Å². The molecule has 2 N–H and O–H groups in total. The van der Waals surface area contributed by atoms with Crippen LogP contribution in [0.5, 0.6) is 0 Å². The van der Waals surface area contributed by atoms with Crippen molar-refractivity contribution in [2.45, 2.75) is 125 Å². The van der Waals surface area contributed by atoms with E-state index in [0.29, 0.717) is 6.54 Å². The van der Waals surface area contributed by atoms with E-state index >= 15 is 0 Å². The Bertz CT molecular complexity index is 845. The molecule has 0 aromatic heterocycles. The number of carbonyl (C=O) groups is 3. The van der Waals surface area contributed by atoms with Gasteiger partial charge in [-0.25, -0.2) is 4.79 Å². The highest BCUT2D eigenvalue weighted by Gasteiger charge is 2.37. The van der Waals surface area contributed by atoms with Crippen molar-refractivity contribution in [3.63, 3.8) is 0 Å². The Hall–Kier alpha value is -2.57. The largest absolute Gasteiger partial charge is 0.444 e. The fourth-order valence-electron chi connectivity index (χ4n) is 4.25. The van der Waals surface area contributed by atoms with Crippen molar-refractivity contribution in [1.29, 1.82) is 0 Å². The predicted molar refractivity (Wildman–Crippen MR) is 150 cm³/mol. The molecule has 1 aromatic carbocycles. The fraction of sp³-hybridized carbons (Fsp3) is 0.700. The minimum Gasteiger partial charge on any atom is -0.444 e. The Morgan fingerprint density at radius 3 is 2.05 bits per heavy atom. The normalized spacial score (nSPS) is 14.0. The molecule has 3 atom stereocenters. The summed E-state index contributed by atoms with van der Waals surface area (Å²) in [5, 5.41) is 5.91. The van der Waals surface area contributed by atoms with Crippen LogP contribution in [0.15, 0.2) is 24.3 Å². The number of carbonyl (C=O) groups excluding carboxylic acids is 3. The third-order valence-electron chi connectivity index (χ3n) is 6.20. The first-order chi connectivity index (χ1) is 17.3. The number of unbranched alkanes of at least 4 members (excludes halogenated alkanes) is 3. The van der Waals surface area contributed by atoms with E-state index in [9.17, 15) is 14.4 Å². The molecule has 3 unspecified atom stereocenters. The lowest BCUT2D eigenvalue weighted by Gasteiger charge is -2.36. The van der Waals surface area contributed by atoms with Gasteiger partial charge in [-0.3, -0.25) is 9.59 Å². The average Bonchev–Trinajstić information content (AvgIpc) is 2.78. The number of alkyl carbamates (subject to hydrolysis) is 1. The molecular formula is C30H51N3O4. The molecule has 0 fully saturated rings. The monoisotopic (exact) mass is 517 g/mol. The van der Waals surface area contributed by atoms with Gasteiger partial charge in [0.2, 0.25) is 11.8 Å². The van der Waals surface area contributed by atoms with Crippen LogP contribution >= 0.6 is 0 Å². The van der Waals surface area contributed by atoms with Crippen LogP contribution in [0.25, 0.3) is 0 Å². The second-order valence-electron chi connectivity index (χ2n) is 11.5. The number of nitrogens with zero attached hydrogens (tertiary/aromatic N) is 1. The van der Waals surface area contributed by atoms with Gasteiger partial charge in [0.15, 0.2) is 0 Å². The maximum Gasteiger partial charge on any atom is 0.408 e. The third-order valence-corrected chi connectivity index (χ3v) is 6.20. The highest BCUT2D eigenvalue weighted by Crippen LogP contribution is 2.26. The van der Waals surface area contributed by atoms with Gasteiger partial charge in [-0.05, 0) is 58.9 Å². The number of aryl methyl sites for hydroxylation is 1. The van der Waals surface area contributed by atoms with Gasteiger partial charge < -0.3 is 20.3 Å². The summed E-state index contributed by atoms with van der Waals surface area (Å²) in [6, 6.07) is 6.13. The number of amides is 3. The molecule has 0 aliphatic rings. The molecule has 1 rings (SSSR count). The summed E-state index contributed by atoms with van der Waals surface area (Å²) in [5.41, 5.74) is 1.15. The first-order valence-corrected chi connectivity index (χ1v) is 14.0. The van der Waals surface area contributed by atoms with Gasteiger partial charge in [0.05, 0.1) is 0 Å².